The van der Waals surface area contributed by atoms with E-state index in [1.54, 1.807) is 30.5 Å². The van der Waals surface area contributed by atoms with Gasteiger partial charge in [-0.1, -0.05) is 11.6 Å². The number of halogens is 1. The number of benzene rings is 1. The number of hydrogen-bond donors (Lipinski definition) is 2. The zero-order valence-corrected chi connectivity index (χ0v) is 13.5. The van der Waals surface area contributed by atoms with Crippen molar-refractivity contribution in [1.82, 2.24) is 10.3 Å². The summed E-state index contributed by atoms with van der Waals surface area (Å²) in [6.45, 7) is 2.35. The van der Waals surface area contributed by atoms with Gasteiger partial charge >= 0.3 is 0 Å². The number of rotatable bonds is 4. The van der Waals surface area contributed by atoms with Crippen molar-refractivity contribution in [2.75, 3.05) is 19.0 Å². The summed E-state index contributed by atoms with van der Waals surface area (Å²) in [7, 11) is 1.53. The SMILES string of the molecule is CCOc1cc([C@@H]2NC(=O)c3cccnc3N2)cc(Cl)c1OC. The molecule has 7 heteroatoms. The van der Waals surface area contributed by atoms with Crippen LogP contribution in [-0.2, 0) is 0 Å². The summed E-state index contributed by atoms with van der Waals surface area (Å²) in [4.78, 5) is 16.4. The third-order valence-corrected chi connectivity index (χ3v) is 3.76. The van der Waals surface area contributed by atoms with E-state index in [1.807, 2.05) is 6.92 Å². The molecule has 23 heavy (non-hydrogen) atoms. The Hall–Kier alpha value is -2.47. The van der Waals surface area contributed by atoms with Crippen molar-refractivity contribution in [3.8, 4) is 11.5 Å². The number of pyridine rings is 1. The Kier molecular flexibility index (Phi) is 4.25. The van der Waals surface area contributed by atoms with Crippen LogP contribution in [0.1, 0.15) is 29.0 Å². The standard InChI is InChI=1S/C16H16ClN3O3/c1-3-23-12-8-9(7-11(17)13(12)22-2)14-19-15-10(16(21)20-14)5-4-6-18-15/h4-8,14H,3H2,1-2H3,(H,18,19)(H,20,21)/t14-/m0/s1. The molecule has 0 saturated heterocycles. The largest absolute Gasteiger partial charge is 0.491 e. The predicted molar refractivity (Wildman–Crippen MR) is 87.2 cm³/mol. The van der Waals surface area contributed by atoms with Gasteiger partial charge in [0.05, 0.1) is 24.3 Å². The second-order valence-electron chi connectivity index (χ2n) is 4.92. The number of carbonyl (C=O) groups is 1. The monoisotopic (exact) mass is 333 g/mol. The first-order valence-electron chi connectivity index (χ1n) is 7.16. The molecule has 0 fully saturated rings. The lowest BCUT2D eigenvalue weighted by Gasteiger charge is -2.27. The van der Waals surface area contributed by atoms with E-state index in [0.717, 1.165) is 5.56 Å². The van der Waals surface area contributed by atoms with E-state index in [-0.39, 0.29) is 5.91 Å². The minimum absolute atomic E-state index is 0.193. The Morgan fingerprint density at radius 2 is 2.17 bits per heavy atom. The molecule has 0 saturated carbocycles. The number of ether oxygens (including phenoxy) is 2. The molecule has 0 radical (unpaired) electrons. The molecule has 1 amide bonds. The first-order chi connectivity index (χ1) is 11.1. The van der Waals surface area contributed by atoms with Crippen molar-refractivity contribution in [3.63, 3.8) is 0 Å². The zero-order valence-electron chi connectivity index (χ0n) is 12.7. The summed E-state index contributed by atoms with van der Waals surface area (Å²) in [6.07, 6.45) is 1.18. The number of hydrogen-bond acceptors (Lipinski definition) is 5. The maximum absolute atomic E-state index is 12.2. The van der Waals surface area contributed by atoms with Crippen molar-refractivity contribution in [2.24, 2.45) is 0 Å². The fourth-order valence-corrected chi connectivity index (χ4v) is 2.76. The molecule has 2 aromatic rings. The summed E-state index contributed by atoms with van der Waals surface area (Å²) in [5.41, 5.74) is 1.26. The maximum Gasteiger partial charge on any atom is 0.256 e. The van der Waals surface area contributed by atoms with Crippen molar-refractivity contribution >= 4 is 23.3 Å². The van der Waals surface area contributed by atoms with Gasteiger partial charge in [-0.05, 0) is 36.8 Å². The molecule has 1 aliphatic rings. The highest BCUT2D eigenvalue weighted by molar-refractivity contribution is 6.32. The lowest BCUT2D eigenvalue weighted by molar-refractivity contribution is 0.0935. The van der Waals surface area contributed by atoms with Gasteiger partial charge in [0.15, 0.2) is 11.5 Å². The van der Waals surface area contributed by atoms with Crippen LogP contribution in [0.2, 0.25) is 5.02 Å². The van der Waals surface area contributed by atoms with Crippen LogP contribution in [-0.4, -0.2) is 24.6 Å². The molecule has 0 unspecified atom stereocenters. The second-order valence-corrected chi connectivity index (χ2v) is 5.32. The summed E-state index contributed by atoms with van der Waals surface area (Å²) in [5, 5.41) is 6.47. The van der Waals surface area contributed by atoms with E-state index in [4.69, 9.17) is 21.1 Å². The Labute approximate surface area is 138 Å². The van der Waals surface area contributed by atoms with E-state index in [1.165, 1.54) is 7.11 Å². The van der Waals surface area contributed by atoms with E-state index in [9.17, 15) is 4.79 Å². The fourth-order valence-electron chi connectivity index (χ4n) is 2.47. The fraction of sp³-hybridized carbons (Fsp3) is 0.250. The minimum atomic E-state index is -0.451. The Morgan fingerprint density at radius 1 is 1.35 bits per heavy atom. The lowest BCUT2D eigenvalue weighted by atomic mass is 10.1. The van der Waals surface area contributed by atoms with Gasteiger partial charge in [0.2, 0.25) is 0 Å². The molecular weight excluding hydrogens is 318 g/mol. The molecule has 1 aliphatic heterocycles. The normalized spacial score (nSPS) is 16.1. The third kappa shape index (κ3) is 2.90. The van der Waals surface area contributed by atoms with Crippen molar-refractivity contribution in [2.45, 2.75) is 13.1 Å². The van der Waals surface area contributed by atoms with Crippen molar-refractivity contribution in [3.05, 3.63) is 46.6 Å². The average molecular weight is 334 g/mol. The highest BCUT2D eigenvalue weighted by Crippen LogP contribution is 2.38. The highest BCUT2D eigenvalue weighted by Gasteiger charge is 2.26. The van der Waals surface area contributed by atoms with Crippen molar-refractivity contribution < 1.29 is 14.3 Å². The Bertz CT molecular complexity index is 751. The van der Waals surface area contributed by atoms with Crippen LogP contribution in [0.25, 0.3) is 0 Å². The molecule has 1 aromatic heterocycles. The summed E-state index contributed by atoms with van der Waals surface area (Å²) in [5.74, 6) is 1.34. The predicted octanol–water partition coefficient (Wildman–Crippen LogP) is 3.00. The molecule has 0 bridgehead atoms. The first-order valence-corrected chi connectivity index (χ1v) is 7.54. The molecule has 6 nitrogen and oxygen atoms in total. The van der Waals surface area contributed by atoms with E-state index in [2.05, 4.69) is 15.6 Å². The number of aromatic nitrogens is 1. The molecule has 1 atom stereocenters. The number of methoxy groups -OCH3 is 1. The molecule has 2 heterocycles. The first kappa shape index (κ1) is 15.4. The topological polar surface area (TPSA) is 72.5 Å². The maximum atomic E-state index is 12.2. The number of amides is 1. The second kappa shape index (κ2) is 6.34. The van der Waals surface area contributed by atoms with Crippen molar-refractivity contribution in [1.29, 1.82) is 0 Å². The molecular formula is C16H16ClN3O3. The summed E-state index contributed by atoms with van der Waals surface area (Å²) >= 11 is 6.27. The molecule has 2 N–H and O–H groups in total. The number of fused-ring (bicyclic) bond motifs is 1. The molecule has 0 aliphatic carbocycles. The van der Waals surface area contributed by atoms with Gasteiger partial charge in [-0.3, -0.25) is 4.79 Å². The molecule has 0 spiro atoms. The van der Waals surface area contributed by atoms with Crippen LogP contribution >= 0.6 is 11.6 Å². The van der Waals surface area contributed by atoms with Gasteiger partial charge in [0, 0.05) is 6.20 Å². The van der Waals surface area contributed by atoms with E-state index >= 15 is 0 Å². The van der Waals surface area contributed by atoms with Gasteiger partial charge in [-0.25, -0.2) is 4.98 Å². The molecule has 1 aromatic carbocycles. The van der Waals surface area contributed by atoms with Crippen LogP contribution in [0.3, 0.4) is 0 Å². The van der Waals surface area contributed by atoms with Crippen LogP contribution in [0.5, 0.6) is 11.5 Å². The molecule has 120 valence electrons. The van der Waals surface area contributed by atoms with Gasteiger partial charge in [0.1, 0.15) is 12.0 Å². The highest BCUT2D eigenvalue weighted by atomic mass is 35.5. The number of nitrogens with one attached hydrogen (secondary N) is 2. The third-order valence-electron chi connectivity index (χ3n) is 3.48. The van der Waals surface area contributed by atoms with Crippen LogP contribution in [0.4, 0.5) is 5.82 Å². The number of carbonyl (C=O) groups excluding carboxylic acids is 1. The zero-order chi connectivity index (χ0) is 16.4. The quantitative estimate of drug-likeness (QED) is 0.900. The van der Waals surface area contributed by atoms with E-state index in [0.29, 0.717) is 34.5 Å². The summed E-state index contributed by atoms with van der Waals surface area (Å²) in [6, 6.07) is 6.96. The van der Waals surface area contributed by atoms with Gasteiger partial charge in [-0.15, -0.1) is 0 Å². The average Bonchev–Trinajstić information content (AvgIpc) is 2.55. The number of anilines is 1. The lowest BCUT2D eigenvalue weighted by Crippen LogP contribution is -2.38. The Balaban J connectivity index is 1.98. The van der Waals surface area contributed by atoms with Gasteiger partial charge in [-0.2, -0.15) is 0 Å². The number of nitrogens with zero attached hydrogens (tertiary/aromatic N) is 1. The van der Waals surface area contributed by atoms with Crippen LogP contribution in [0, 0.1) is 0 Å². The summed E-state index contributed by atoms with van der Waals surface area (Å²) < 4.78 is 10.8. The van der Waals surface area contributed by atoms with Crippen LogP contribution < -0.4 is 20.1 Å². The molecule has 3 rings (SSSR count). The van der Waals surface area contributed by atoms with E-state index < -0.39 is 6.17 Å². The minimum Gasteiger partial charge on any atom is -0.491 e. The Morgan fingerprint density at radius 3 is 2.91 bits per heavy atom. The van der Waals surface area contributed by atoms with Gasteiger partial charge < -0.3 is 20.1 Å². The smallest absolute Gasteiger partial charge is 0.256 e. The van der Waals surface area contributed by atoms with Crippen LogP contribution in [0.15, 0.2) is 30.5 Å². The van der Waals surface area contributed by atoms with Gasteiger partial charge in [0.25, 0.3) is 5.91 Å².